The van der Waals surface area contributed by atoms with Crippen molar-refractivity contribution in [3.05, 3.63) is 41.5 Å². The fraction of sp³-hybridized carbons (Fsp3) is 0.0909. The van der Waals surface area contributed by atoms with E-state index in [4.69, 9.17) is 5.73 Å². The molecule has 1 aromatic heterocycles. The number of benzene rings is 1. The molecule has 2 rings (SSSR count). The number of rotatable bonds is 4. The minimum atomic E-state index is -4.19. The van der Waals surface area contributed by atoms with Crippen LogP contribution >= 0.6 is 0 Å². The van der Waals surface area contributed by atoms with Gasteiger partial charge >= 0.3 is 0 Å². The van der Waals surface area contributed by atoms with E-state index in [1.54, 1.807) is 0 Å². The maximum absolute atomic E-state index is 13.5. The second-order valence-electron chi connectivity index (χ2n) is 3.97. The van der Waals surface area contributed by atoms with Gasteiger partial charge in [-0.2, -0.15) is 5.10 Å². The normalized spacial score (nSPS) is 11.3. The number of aryl methyl sites for hydroxylation is 1. The van der Waals surface area contributed by atoms with Gasteiger partial charge in [-0.1, -0.05) is 12.1 Å². The Morgan fingerprint density at radius 1 is 1.40 bits per heavy atom. The zero-order valence-electron chi connectivity index (χ0n) is 10.3. The van der Waals surface area contributed by atoms with Crippen LogP contribution in [0, 0.1) is 12.7 Å². The second-order valence-corrected chi connectivity index (χ2v) is 5.62. The molecule has 0 fully saturated rings. The number of hydrogen-bond donors (Lipinski definition) is 3. The number of hydrogen-bond acceptors (Lipinski definition) is 4. The summed E-state index contributed by atoms with van der Waals surface area (Å²) in [7, 11) is -4.19. The third-order valence-electron chi connectivity index (χ3n) is 2.54. The lowest BCUT2D eigenvalue weighted by molar-refractivity contribution is 0.0996. The summed E-state index contributed by atoms with van der Waals surface area (Å²) in [5, 5.41) is 6.03. The number of carbonyl (C=O) groups is 1. The van der Waals surface area contributed by atoms with Crippen LogP contribution in [0.1, 0.15) is 16.2 Å². The summed E-state index contributed by atoms with van der Waals surface area (Å²) in [6, 6.07) is 4.88. The molecule has 0 unspecified atom stereocenters. The molecular weight excluding hydrogens is 287 g/mol. The first-order valence-electron chi connectivity index (χ1n) is 5.45. The number of nitrogens with zero attached hydrogens (tertiary/aromatic N) is 1. The Morgan fingerprint density at radius 3 is 2.65 bits per heavy atom. The van der Waals surface area contributed by atoms with Crippen molar-refractivity contribution >= 4 is 21.6 Å². The van der Waals surface area contributed by atoms with Crippen LogP contribution in [0.2, 0.25) is 0 Å². The molecule has 106 valence electrons. The predicted molar refractivity (Wildman–Crippen MR) is 69.1 cm³/mol. The van der Waals surface area contributed by atoms with Crippen LogP contribution in [0.3, 0.4) is 0 Å². The number of primary amides is 1. The van der Waals surface area contributed by atoms with Crippen LogP contribution in [0.4, 0.5) is 10.1 Å². The molecular formula is C11H11FN4O3S. The Morgan fingerprint density at radius 2 is 2.05 bits per heavy atom. The molecule has 0 bridgehead atoms. The topological polar surface area (TPSA) is 118 Å². The molecule has 9 heteroatoms. The quantitative estimate of drug-likeness (QED) is 0.772. The Kier molecular flexibility index (Phi) is 3.45. The number of nitrogens with one attached hydrogen (secondary N) is 2. The van der Waals surface area contributed by atoms with E-state index in [-0.39, 0.29) is 11.4 Å². The first-order valence-corrected chi connectivity index (χ1v) is 6.93. The lowest BCUT2D eigenvalue weighted by Crippen LogP contribution is -2.19. The Balaban J connectivity index is 2.47. The minimum Gasteiger partial charge on any atom is -0.364 e. The van der Waals surface area contributed by atoms with Gasteiger partial charge in [0.25, 0.3) is 15.9 Å². The van der Waals surface area contributed by atoms with E-state index in [2.05, 4.69) is 14.9 Å². The monoisotopic (exact) mass is 298 g/mol. The van der Waals surface area contributed by atoms with E-state index in [0.717, 1.165) is 12.1 Å². The van der Waals surface area contributed by atoms with Gasteiger partial charge in [0.2, 0.25) is 0 Å². The highest BCUT2D eigenvalue weighted by molar-refractivity contribution is 7.92. The van der Waals surface area contributed by atoms with Crippen LogP contribution in [0.25, 0.3) is 0 Å². The summed E-state index contributed by atoms with van der Waals surface area (Å²) in [4.78, 5) is 10.6. The van der Waals surface area contributed by atoms with Crippen molar-refractivity contribution < 1.29 is 17.6 Å². The van der Waals surface area contributed by atoms with Crippen LogP contribution in [0.5, 0.6) is 0 Å². The van der Waals surface area contributed by atoms with E-state index in [1.165, 1.54) is 19.1 Å². The van der Waals surface area contributed by atoms with Crippen molar-refractivity contribution in [3.8, 4) is 0 Å². The third kappa shape index (κ3) is 2.48. The summed E-state index contributed by atoms with van der Waals surface area (Å²) in [5.74, 6) is -1.80. The smallest absolute Gasteiger partial charge is 0.271 e. The molecule has 0 aliphatic rings. The number of nitrogens with two attached hydrogens (primary N) is 1. The lowest BCUT2D eigenvalue weighted by atomic mass is 10.3. The molecule has 0 aliphatic heterocycles. The summed E-state index contributed by atoms with van der Waals surface area (Å²) >= 11 is 0. The molecule has 0 aliphatic carbocycles. The fourth-order valence-corrected chi connectivity index (χ4v) is 2.80. The number of aromatic amines is 1. The Labute approximate surface area is 114 Å². The molecule has 0 atom stereocenters. The summed E-state index contributed by atoms with van der Waals surface area (Å²) in [5.41, 5.74) is 5.02. The van der Waals surface area contributed by atoms with E-state index in [0.29, 0.717) is 5.69 Å². The molecule has 4 N–H and O–H groups in total. The van der Waals surface area contributed by atoms with Crippen molar-refractivity contribution in [3.63, 3.8) is 0 Å². The third-order valence-corrected chi connectivity index (χ3v) is 3.93. The van der Waals surface area contributed by atoms with E-state index in [1.807, 2.05) is 0 Å². The van der Waals surface area contributed by atoms with E-state index in [9.17, 15) is 17.6 Å². The molecule has 20 heavy (non-hydrogen) atoms. The number of H-pyrrole nitrogens is 1. The molecule has 0 saturated heterocycles. The first kappa shape index (κ1) is 14.0. The van der Waals surface area contributed by atoms with Crippen molar-refractivity contribution in [2.24, 2.45) is 5.73 Å². The highest BCUT2D eigenvalue weighted by Crippen LogP contribution is 2.22. The highest BCUT2D eigenvalue weighted by Gasteiger charge is 2.24. The molecule has 1 amide bonds. The molecule has 1 heterocycles. The molecule has 0 saturated carbocycles. The molecule has 0 spiro atoms. The molecule has 1 aromatic carbocycles. The Bertz CT molecular complexity index is 770. The number of aromatic nitrogens is 2. The SMILES string of the molecule is Cc1[nH]nc(C(N)=O)c1NS(=O)(=O)c1ccccc1F. The summed E-state index contributed by atoms with van der Waals surface area (Å²) in [6.07, 6.45) is 0. The van der Waals surface area contributed by atoms with Gasteiger partial charge in [-0.25, -0.2) is 12.8 Å². The lowest BCUT2D eigenvalue weighted by Gasteiger charge is -2.08. The van der Waals surface area contributed by atoms with Crippen LogP contribution < -0.4 is 10.5 Å². The van der Waals surface area contributed by atoms with Crippen molar-refractivity contribution in [2.75, 3.05) is 4.72 Å². The van der Waals surface area contributed by atoms with Gasteiger partial charge in [0, 0.05) is 0 Å². The van der Waals surface area contributed by atoms with Crippen LogP contribution in [-0.2, 0) is 10.0 Å². The summed E-state index contributed by atoms with van der Waals surface area (Å²) in [6.45, 7) is 1.50. The Hall–Kier alpha value is -2.42. The van der Waals surface area contributed by atoms with Gasteiger partial charge in [0.05, 0.1) is 5.69 Å². The maximum atomic E-state index is 13.5. The highest BCUT2D eigenvalue weighted by atomic mass is 32.2. The van der Waals surface area contributed by atoms with E-state index >= 15 is 0 Å². The number of amides is 1. The second kappa shape index (κ2) is 4.93. The number of sulfonamides is 1. The van der Waals surface area contributed by atoms with Crippen molar-refractivity contribution in [1.29, 1.82) is 0 Å². The van der Waals surface area contributed by atoms with Crippen molar-refractivity contribution in [1.82, 2.24) is 10.2 Å². The average molecular weight is 298 g/mol. The zero-order valence-corrected chi connectivity index (χ0v) is 11.2. The maximum Gasteiger partial charge on any atom is 0.271 e. The van der Waals surface area contributed by atoms with Gasteiger partial charge in [-0.05, 0) is 19.1 Å². The predicted octanol–water partition coefficient (Wildman–Crippen LogP) is 0.757. The minimum absolute atomic E-state index is 0.0965. The van der Waals surface area contributed by atoms with Gasteiger partial charge < -0.3 is 5.73 Å². The van der Waals surface area contributed by atoms with Gasteiger partial charge in [0.15, 0.2) is 5.69 Å². The largest absolute Gasteiger partial charge is 0.364 e. The molecule has 7 nitrogen and oxygen atoms in total. The van der Waals surface area contributed by atoms with E-state index < -0.39 is 26.6 Å². The van der Waals surface area contributed by atoms with Crippen molar-refractivity contribution in [2.45, 2.75) is 11.8 Å². The van der Waals surface area contributed by atoms with Crippen LogP contribution in [0.15, 0.2) is 29.2 Å². The zero-order chi connectivity index (χ0) is 14.9. The number of anilines is 1. The molecule has 0 radical (unpaired) electrons. The van der Waals surface area contributed by atoms with Gasteiger partial charge in [0.1, 0.15) is 16.4 Å². The van der Waals surface area contributed by atoms with Gasteiger partial charge in [-0.15, -0.1) is 0 Å². The average Bonchev–Trinajstić information content (AvgIpc) is 2.71. The van der Waals surface area contributed by atoms with Crippen LogP contribution in [-0.4, -0.2) is 24.5 Å². The van der Waals surface area contributed by atoms with Gasteiger partial charge in [-0.3, -0.25) is 14.6 Å². The fourth-order valence-electron chi connectivity index (χ4n) is 1.58. The number of carbonyl (C=O) groups excluding carboxylic acids is 1. The summed E-state index contributed by atoms with van der Waals surface area (Å²) < 4.78 is 39.9. The first-order chi connectivity index (χ1) is 9.33. The number of halogens is 1. The molecule has 2 aromatic rings. The standard InChI is InChI=1S/C11H11FN4O3S/c1-6-9(10(11(13)17)15-14-6)16-20(18,19)8-5-3-2-4-7(8)12/h2-5,16H,1H3,(H2,13,17)(H,14,15).